The van der Waals surface area contributed by atoms with E-state index >= 15 is 0 Å². The molecule has 3 unspecified atom stereocenters. The second kappa shape index (κ2) is 2.46. The summed E-state index contributed by atoms with van der Waals surface area (Å²) in [6.07, 6.45) is 1.42. The lowest BCUT2D eigenvalue weighted by Crippen LogP contribution is -2.54. The van der Waals surface area contributed by atoms with Crippen LogP contribution in [0.3, 0.4) is 0 Å². The molecule has 0 aromatic heterocycles. The Morgan fingerprint density at radius 2 is 2.18 bits per heavy atom. The van der Waals surface area contributed by atoms with Crippen LogP contribution in [0.2, 0.25) is 0 Å². The molecule has 64 valence electrons. The van der Waals surface area contributed by atoms with Crippen molar-refractivity contribution < 1.29 is 0 Å². The van der Waals surface area contributed by atoms with Crippen molar-refractivity contribution in [1.29, 1.82) is 0 Å². The highest BCUT2D eigenvalue weighted by molar-refractivity contribution is 5.07. The first-order valence-electron chi connectivity index (χ1n) is 4.65. The summed E-state index contributed by atoms with van der Waals surface area (Å²) in [4.78, 5) is 2.51. The maximum Gasteiger partial charge on any atom is 0.0290 e. The second-order valence-corrected chi connectivity index (χ2v) is 4.26. The molecule has 1 aliphatic carbocycles. The molecule has 1 N–H and O–H groups in total. The van der Waals surface area contributed by atoms with Gasteiger partial charge in [0, 0.05) is 18.1 Å². The summed E-state index contributed by atoms with van der Waals surface area (Å²) < 4.78 is 0. The Hall–Kier alpha value is -0.0800. The van der Waals surface area contributed by atoms with Crippen molar-refractivity contribution in [2.45, 2.75) is 38.4 Å². The maximum absolute atomic E-state index is 3.54. The summed E-state index contributed by atoms with van der Waals surface area (Å²) in [6.45, 7) is 5.81. The highest BCUT2D eigenvalue weighted by Crippen LogP contribution is 2.37. The predicted octanol–water partition coefficient (Wildman–Crippen LogP) is 0.687. The Labute approximate surface area is 69.0 Å². The molecule has 3 aliphatic rings. The zero-order valence-corrected chi connectivity index (χ0v) is 7.67. The van der Waals surface area contributed by atoms with Crippen molar-refractivity contribution in [2.75, 3.05) is 13.6 Å². The third kappa shape index (κ3) is 1.00. The number of nitrogens with zero attached hydrogens (tertiary/aromatic N) is 1. The summed E-state index contributed by atoms with van der Waals surface area (Å²) in [5, 5.41) is 3.54. The van der Waals surface area contributed by atoms with Gasteiger partial charge in [-0.1, -0.05) is 0 Å². The molecule has 2 heteroatoms. The number of fused-ring (bicyclic) bond motifs is 1. The van der Waals surface area contributed by atoms with Crippen LogP contribution in [0, 0.1) is 5.92 Å². The van der Waals surface area contributed by atoms with E-state index in [1.807, 2.05) is 0 Å². The highest BCUT2D eigenvalue weighted by atomic mass is 15.2. The van der Waals surface area contributed by atoms with Crippen LogP contribution >= 0.6 is 0 Å². The van der Waals surface area contributed by atoms with E-state index in [2.05, 4.69) is 31.1 Å². The lowest BCUT2D eigenvalue weighted by atomic mass is 9.79. The summed E-state index contributed by atoms with van der Waals surface area (Å²) in [5.74, 6) is 0.951. The van der Waals surface area contributed by atoms with Crippen LogP contribution < -0.4 is 5.32 Å². The van der Waals surface area contributed by atoms with E-state index in [1.165, 1.54) is 13.0 Å². The standard InChI is InChI=1S/C9H18N2/c1-6(2)11(3)9-7-4-8(9)10-5-7/h6-10H,4-5H2,1-3H3. The fraction of sp³-hybridized carbons (Fsp3) is 1.00. The first-order valence-corrected chi connectivity index (χ1v) is 4.65. The van der Waals surface area contributed by atoms with E-state index in [9.17, 15) is 0 Å². The zero-order chi connectivity index (χ0) is 8.01. The molecule has 2 aliphatic heterocycles. The Bertz CT molecular complexity index is 142. The maximum atomic E-state index is 3.54. The number of hydrogen-bond acceptors (Lipinski definition) is 2. The lowest BCUT2D eigenvalue weighted by molar-refractivity contribution is 0.0809. The number of nitrogens with one attached hydrogen (secondary N) is 1. The van der Waals surface area contributed by atoms with E-state index < -0.39 is 0 Å². The molecular weight excluding hydrogens is 136 g/mol. The molecule has 0 spiro atoms. The van der Waals surface area contributed by atoms with Gasteiger partial charge in [0.1, 0.15) is 0 Å². The van der Waals surface area contributed by atoms with E-state index in [1.54, 1.807) is 0 Å². The van der Waals surface area contributed by atoms with Gasteiger partial charge in [0.05, 0.1) is 0 Å². The molecule has 2 saturated heterocycles. The molecule has 3 rings (SSSR count). The fourth-order valence-electron chi connectivity index (χ4n) is 2.41. The van der Waals surface area contributed by atoms with Gasteiger partial charge in [-0.05, 0) is 39.8 Å². The van der Waals surface area contributed by atoms with Gasteiger partial charge in [0.25, 0.3) is 0 Å². The minimum Gasteiger partial charge on any atom is -0.312 e. The van der Waals surface area contributed by atoms with Crippen LogP contribution in [0.5, 0.6) is 0 Å². The van der Waals surface area contributed by atoms with Crippen LogP contribution in [0.25, 0.3) is 0 Å². The van der Waals surface area contributed by atoms with Crippen molar-refractivity contribution in [1.82, 2.24) is 10.2 Å². The van der Waals surface area contributed by atoms with E-state index in [4.69, 9.17) is 0 Å². The van der Waals surface area contributed by atoms with Gasteiger partial charge in [-0.2, -0.15) is 0 Å². The summed E-state index contributed by atoms with van der Waals surface area (Å²) >= 11 is 0. The molecule has 0 aromatic rings. The van der Waals surface area contributed by atoms with Crippen LogP contribution in [-0.4, -0.2) is 36.6 Å². The number of rotatable bonds is 2. The van der Waals surface area contributed by atoms with Gasteiger partial charge in [0.15, 0.2) is 0 Å². The molecule has 3 atom stereocenters. The van der Waals surface area contributed by atoms with Gasteiger partial charge in [-0.3, -0.25) is 4.90 Å². The topological polar surface area (TPSA) is 15.3 Å². The smallest absolute Gasteiger partial charge is 0.0290 e. The minimum atomic E-state index is 0.699. The normalized spacial score (nSPS) is 41.7. The Morgan fingerprint density at radius 1 is 1.45 bits per heavy atom. The Kier molecular flexibility index (Phi) is 1.69. The molecule has 2 bridgehead atoms. The largest absolute Gasteiger partial charge is 0.312 e. The highest BCUT2D eigenvalue weighted by Gasteiger charge is 2.48. The average molecular weight is 154 g/mol. The van der Waals surface area contributed by atoms with Crippen LogP contribution in [0.1, 0.15) is 20.3 Å². The zero-order valence-electron chi connectivity index (χ0n) is 7.67. The van der Waals surface area contributed by atoms with Gasteiger partial charge < -0.3 is 5.32 Å². The van der Waals surface area contributed by atoms with Crippen molar-refractivity contribution in [2.24, 2.45) is 5.92 Å². The predicted molar refractivity (Wildman–Crippen MR) is 46.6 cm³/mol. The molecule has 2 nitrogen and oxygen atoms in total. The van der Waals surface area contributed by atoms with Gasteiger partial charge in [-0.25, -0.2) is 0 Å². The summed E-state index contributed by atoms with van der Waals surface area (Å²) in [7, 11) is 2.25. The molecule has 11 heavy (non-hydrogen) atoms. The minimum absolute atomic E-state index is 0.699. The molecule has 1 saturated carbocycles. The van der Waals surface area contributed by atoms with Gasteiger partial charge >= 0.3 is 0 Å². The molecule has 0 radical (unpaired) electrons. The molecular formula is C9H18N2. The average Bonchev–Trinajstić information content (AvgIpc) is 2.44. The second-order valence-electron chi connectivity index (χ2n) is 4.26. The SMILES string of the molecule is CC(C)N(C)C1C2CNC1C2. The number of likely N-dealkylation sites (N-methyl/N-ethyl adjacent to an activating group) is 1. The van der Waals surface area contributed by atoms with E-state index in [0.29, 0.717) is 6.04 Å². The van der Waals surface area contributed by atoms with Crippen molar-refractivity contribution in [3.05, 3.63) is 0 Å². The first-order chi connectivity index (χ1) is 5.20. The molecule has 0 amide bonds. The van der Waals surface area contributed by atoms with Crippen LogP contribution in [-0.2, 0) is 0 Å². The quantitative estimate of drug-likeness (QED) is 0.629. The Morgan fingerprint density at radius 3 is 2.55 bits per heavy atom. The van der Waals surface area contributed by atoms with E-state index in [-0.39, 0.29) is 0 Å². The molecule has 3 fully saturated rings. The molecule has 2 heterocycles. The third-order valence-electron chi connectivity index (χ3n) is 3.38. The Balaban J connectivity index is 1.96. The van der Waals surface area contributed by atoms with Gasteiger partial charge in [0.2, 0.25) is 0 Å². The lowest BCUT2D eigenvalue weighted by Gasteiger charge is -2.43. The van der Waals surface area contributed by atoms with Crippen molar-refractivity contribution in [3.63, 3.8) is 0 Å². The van der Waals surface area contributed by atoms with Crippen molar-refractivity contribution >= 4 is 0 Å². The molecule has 0 aromatic carbocycles. The monoisotopic (exact) mass is 154 g/mol. The summed E-state index contributed by atoms with van der Waals surface area (Å²) in [5.41, 5.74) is 0. The summed E-state index contributed by atoms with van der Waals surface area (Å²) in [6, 6.07) is 2.35. The third-order valence-corrected chi connectivity index (χ3v) is 3.38. The first kappa shape index (κ1) is 7.56. The fourth-order valence-corrected chi connectivity index (χ4v) is 2.41. The van der Waals surface area contributed by atoms with Crippen LogP contribution in [0.4, 0.5) is 0 Å². The number of hydrogen-bond donors (Lipinski definition) is 1. The van der Waals surface area contributed by atoms with E-state index in [0.717, 1.165) is 18.0 Å². The van der Waals surface area contributed by atoms with Gasteiger partial charge in [-0.15, -0.1) is 0 Å². The van der Waals surface area contributed by atoms with Crippen molar-refractivity contribution in [3.8, 4) is 0 Å². The van der Waals surface area contributed by atoms with Crippen LogP contribution in [0.15, 0.2) is 0 Å².